The smallest absolute Gasteiger partial charge is 0.407 e. The molecule has 1 unspecified atom stereocenters. The van der Waals surface area contributed by atoms with Crippen LogP contribution in [-0.4, -0.2) is 92.5 Å². The fourth-order valence-corrected chi connectivity index (χ4v) is 8.73. The first-order valence-corrected chi connectivity index (χ1v) is 20.3. The highest BCUT2D eigenvalue weighted by atomic mass is 32.1. The van der Waals surface area contributed by atoms with Crippen molar-refractivity contribution < 1.29 is 29.0 Å². The lowest BCUT2D eigenvalue weighted by Gasteiger charge is -2.29. The average molecular weight is 803 g/mol. The zero-order valence-electron chi connectivity index (χ0n) is 32.5. The van der Waals surface area contributed by atoms with E-state index in [0.29, 0.717) is 13.1 Å². The van der Waals surface area contributed by atoms with Crippen molar-refractivity contribution in [2.45, 2.75) is 63.2 Å². The van der Waals surface area contributed by atoms with E-state index in [2.05, 4.69) is 91.0 Å². The Hall–Kier alpha value is -5.87. The molecule has 15 heteroatoms. The number of aliphatic hydroxyl groups excluding tert-OH is 1. The molecule has 5 atom stereocenters. The fourth-order valence-electron chi connectivity index (χ4n) is 8.04. The van der Waals surface area contributed by atoms with E-state index in [1.165, 1.54) is 25.6 Å². The second-order valence-corrected chi connectivity index (χ2v) is 15.5. The minimum absolute atomic E-state index is 0.134. The summed E-state index contributed by atoms with van der Waals surface area (Å²) in [5.41, 5.74) is 6.67. The molecular formula is C43H46N8O6S. The van der Waals surface area contributed by atoms with Crippen molar-refractivity contribution in [2.75, 3.05) is 27.3 Å². The first kappa shape index (κ1) is 39.0. The zero-order valence-corrected chi connectivity index (χ0v) is 33.3. The number of hydrogen-bond donors (Lipinski definition) is 5. The number of thiophene rings is 1. The molecule has 0 spiro atoms. The summed E-state index contributed by atoms with van der Waals surface area (Å²) in [5, 5.41) is 21.6. The minimum atomic E-state index is -1.27. The average Bonchev–Trinajstić information content (AvgIpc) is 4.11. The highest BCUT2D eigenvalue weighted by Gasteiger charge is 2.37. The molecule has 14 nitrogen and oxygen atoms in total. The van der Waals surface area contributed by atoms with Crippen LogP contribution in [0.15, 0.2) is 89.9 Å². The Labute approximate surface area is 339 Å². The van der Waals surface area contributed by atoms with Gasteiger partial charge in [0.25, 0.3) is 0 Å². The molecule has 2 aliphatic rings. The number of benzene rings is 3. The molecule has 5 heterocycles. The van der Waals surface area contributed by atoms with Crippen molar-refractivity contribution in [3.05, 3.63) is 107 Å². The van der Waals surface area contributed by atoms with Gasteiger partial charge in [-0.05, 0) is 94.6 Å². The summed E-state index contributed by atoms with van der Waals surface area (Å²) in [6, 6.07) is 21.1. The molecular weight excluding hydrogens is 757 g/mol. The second kappa shape index (κ2) is 16.9. The van der Waals surface area contributed by atoms with E-state index >= 15 is 0 Å². The van der Waals surface area contributed by atoms with E-state index < -0.39 is 24.6 Å². The third kappa shape index (κ3) is 7.98. The number of imidazole rings is 2. The predicted octanol–water partition coefficient (Wildman–Crippen LogP) is 6.67. The third-order valence-corrected chi connectivity index (χ3v) is 11.8. The van der Waals surface area contributed by atoms with E-state index in [4.69, 9.17) is 9.72 Å². The molecule has 0 bridgehead atoms. The number of ether oxygens (including phenoxy) is 2. The monoisotopic (exact) mass is 802 g/mol. The third-order valence-electron chi connectivity index (χ3n) is 11.1. The number of alkyl carbamates (subject to hydrolysis) is 1. The van der Waals surface area contributed by atoms with Gasteiger partial charge in [-0.15, -0.1) is 0 Å². The molecule has 300 valence electrons. The number of carbonyl (C=O) groups excluding carboxylic acids is 3. The molecule has 2 aliphatic heterocycles. The lowest BCUT2D eigenvalue weighted by Crippen LogP contribution is -2.46. The SMILES string of the molecule is COC(=O)N[C@@H](C)C(=O)N1CCC[C@H]1c1ncc(-c2ccc3cc(-c4ccc(-c5cnc([C@@H]6CCCN6C(=O)[C@H](NC(O)OC)c6ccsc6)[nH]5)cc4)ccc3c2)[nH]1. The molecule has 2 saturated heterocycles. The van der Waals surface area contributed by atoms with E-state index in [9.17, 15) is 19.5 Å². The van der Waals surface area contributed by atoms with Gasteiger partial charge in [0, 0.05) is 25.8 Å². The number of carbonyl (C=O) groups is 3. The van der Waals surface area contributed by atoms with Gasteiger partial charge in [-0.1, -0.05) is 48.5 Å². The van der Waals surface area contributed by atoms with Crippen LogP contribution in [0.1, 0.15) is 67.9 Å². The molecule has 0 aliphatic carbocycles. The number of aromatic amines is 2. The summed E-state index contributed by atoms with van der Waals surface area (Å²) in [7, 11) is 2.66. The van der Waals surface area contributed by atoms with Crippen LogP contribution in [0.25, 0.3) is 44.4 Å². The van der Waals surface area contributed by atoms with Crippen LogP contribution in [0, 0.1) is 0 Å². The fraction of sp³-hybridized carbons (Fsp3) is 0.326. The van der Waals surface area contributed by atoms with Crippen molar-refractivity contribution in [1.29, 1.82) is 0 Å². The molecule has 8 rings (SSSR count). The first-order chi connectivity index (χ1) is 28.2. The number of fused-ring (bicyclic) bond motifs is 1. The quantitative estimate of drug-likeness (QED) is 0.0846. The van der Waals surface area contributed by atoms with Crippen molar-refractivity contribution in [1.82, 2.24) is 40.4 Å². The van der Waals surface area contributed by atoms with Crippen molar-refractivity contribution in [3.8, 4) is 33.6 Å². The Morgan fingerprint density at radius 2 is 1.36 bits per heavy atom. The van der Waals surface area contributed by atoms with Crippen LogP contribution in [0.5, 0.6) is 0 Å². The molecule has 5 N–H and O–H groups in total. The van der Waals surface area contributed by atoms with Crippen LogP contribution < -0.4 is 10.6 Å². The Morgan fingerprint density at radius 1 is 0.793 bits per heavy atom. The molecule has 0 radical (unpaired) electrons. The van der Waals surface area contributed by atoms with Crippen LogP contribution in [0.3, 0.4) is 0 Å². The summed E-state index contributed by atoms with van der Waals surface area (Å²) in [6.07, 6.45) is 4.99. The van der Waals surface area contributed by atoms with Gasteiger partial charge in [0.15, 0.2) is 0 Å². The molecule has 3 aromatic heterocycles. The molecule has 3 aromatic carbocycles. The molecule has 6 aromatic rings. The van der Waals surface area contributed by atoms with Crippen molar-refractivity contribution in [3.63, 3.8) is 0 Å². The number of rotatable bonds is 12. The normalized spacial score (nSPS) is 18.3. The Bertz CT molecular complexity index is 2390. The lowest BCUT2D eigenvalue weighted by atomic mass is 9.98. The zero-order chi connectivity index (χ0) is 40.3. The number of aromatic nitrogens is 4. The van der Waals surface area contributed by atoms with Gasteiger partial charge >= 0.3 is 6.09 Å². The number of aliphatic hydroxyl groups is 1. The number of likely N-dealkylation sites (tertiary alicyclic amines) is 2. The molecule has 3 amide bonds. The number of methoxy groups -OCH3 is 2. The standard InChI is InChI=1S/C43H46N8O6S/c1-25(46-42(54)56-2)40(52)50-17-4-6-35(50)38-45-23-34(48-38)31-15-14-29-20-28(12-13-30(29)21-31)26-8-10-27(11-9-26)33-22-44-39(47-33)36-7-5-18-51(36)41(53)37(49-43(55)57-3)32-16-19-58-24-32/h8-16,19-25,35-37,43,49,55H,4-7,17-18H2,1-3H3,(H,44,47)(H,45,48)(H,46,54)/t25-,35-,36-,37+,43?/m0/s1. The maximum atomic E-state index is 13.8. The number of amides is 3. The topological polar surface area (TPSA) is 178 Å². The highest BCUT2D eigenvalue weighted by molar-refractivity contribution is 7.08. The van der Waals surface area contributed by atoms with Crippen LogP contribution in [0.2, 0.25) is 0 Å². The van der Waals surface area contributed by atoms with E-state index in [1.54, 1.807) is 11.8 Å². The van der Waals surface area contributed by atoms with E-state index in [1.807, 2.05) is 34.1 Å². The number of nitrogens with one attached hydrogen (secondary N) is 4. The Balaban J connectivity index is 0.938. The maximum absolute atomic E-state index is 13.8. The van der Waals surface area contributed by atoms with Crippen LogP contribution >= 0.6 is 11.3 Å². The van der Waals surface area contributed by atoms with Gasteiger partial charge < -0.3 is 39.7 Å². The maximum Gasteiger partial charge on any atom is 0.407 e. The predicted molar refractivity (Wildman–Crippen MR) is 220 cm³/mol. The van der Waals surface area contributed by atoms with Crippen LogP contribution in [0.4, 0.5) is 4.79 Å². The van der Waals surface area contributed by atoms with Crippen LogP contribution in [-0.2, 0) is 19.1 Å². The van der Waals surface area contributed by atoms with Crippen molar-refractivity contribution >= 4 is 40.0 Å². The summed E-state index contributed by atoms with van der Waals surface area (Å²) in [4.78, 5) is 58.6. The highest BCUT2D eigenvalue weighted by Crippen LogP contribution is 2.36. The van der Waals surface area contributed by atoms with Crippen molar-refractivity contribution in [2.24, 2.45) is 0 Å². The summed E-state index contributed by atoms with van der Waals surface area (Å²) < 4.78 is 9.66. The number of nitrogens with zero attached hydrogens (tertiary/aromatic N) is 4. The first-order valence-electron chi connectivity index (χ1n) is 19.4. The second-order valence-electron chi connectivity index (χ2n) is 14.7. The summed E-state index contributed by atoms with van der Waals surface area (Å²) in [5.74, 6) is 1.15. The number of H-pyrrole nitrogens is 2. The van der Waals surface area contributed by atoms with E-state index in [0.717, 1.165) is 87.3 Å². The van der Waals surface area contributed by atoms with Gasteiger partial charge in [0.05, 0.1) is 43.0 Å². The largest absolute Gasteiger partial charge is 0.453 e. The Kier molecular flexibility index (Phi) is 11.4. The van der Waals surface area contributed by atoms with Gasteiger partial charge in [-0.25, -0.2) is 14.8 Å². The van der Waals surface area contributed by atoms with Gasteiger partial charge in [0.2, 0.25) is 18.2 Å². The lowest BCUT2D eigenvalue weighted by molar-refractivity contribution is -0.143. The molecule has 2 fully saturated rings. The summed E-state index contributed by atoms with van der Waals surface area (Å²) >= 11 is 1.49. The van der Waals surface area contributed by atoms with Gasteiger partial charge in [-0.3, -0.25) is 14.9 Å². The van der Waals surface area contributed by atoms with Gasteiger partial charge in [0.1, 0.15) is 23.7 Å². The van der Waals surface area contributed by atoms with E-state index in [-0.39, 0.29) is 23.9 Å². The minimum Gasteiger partial charge on any atom is -0.453 e. The Morgan fingerprint density at radius 3 is 1.97 bits per heavy atom. The number of hydrogen-bond acceptors (Lipinski definition) is 10. The molecule has 0 saturated carbocycles. The molecule has 58 heavy (non-hydrogen) atoms. The summed E-state index contributed by atoms with van der Waals surface area (Å²) in [6.45, 7) is 2.85. The van der Waals surface area contributed by atoms with Gasteiger partial charge in [-0.2, -0.15) is 11.3 Å².